The molecule has 0 saturated heterocycles. The smallest absolute Gasteiger partial charge is 0.275 e. The summed E-state index contributed by atoms with van der Waals surface area (Å²) < 4.78 is 3.69. The lowest BCUT2D eigenvalue weighted by molar-refractivity contribution is -0.117. The minimum absolute atomic E-state index is 0.00254. The molecule has 102 valence electrons. The molecule has 3 aromatic rings. The second-order valence-corrected chi connectivity index (χ2v) is 5.01. The monoisotopic (exact) mass is 268 g/mol. The van der Waals surface area contributed by atoms with Gasteiger partial charge in [-0.2, -0.15) is 0 Å². The second-order valence-electron chi connectivity index (χ2n) is 5.01. The largest absolute Gasteiger partial charge is 0.310 e. The molecule has 0 saturated carbocycles. The van der Waals surface area contributed by atoms with E-state index in [1.165, 1.54) is 0 Å². The number of benzene rings is 1. The van der Waals surface area contributed by atoms with Crippen molar-refractivity contribution in [1.82, 2.24) is 8.97 Å². The summed E-state index contributed by atoms with van der Waals surface area (Å²) in [5, 5.41) is 0. The number of Topliss-reactive ketones (excluding diaryl/α,β-unsaturated/α-hetero) is 1. The molecule has 4 nitrogen and oxygen atoms in total. The SMILES string of the molecule is CC(=O)CCCn1c(=O)c2cccn2c2ccccc21. The first-order valence-electron chi connectivity index (χ1n) is 6.76. The summed E-state index contributed by atoms with van der Waals surface area (Å²) in [5.41, 5.74) is 2.59. The van der Waals surface area contributed by atoms with E-state index >= 15 is 0 Å². The van der Waals surface area contributed by atoms with Crippen molar-refractivity contribution in [2.75, 3.05) is 0 Å². The Labute approximate surface area is 116 Å². The van der Waals surface area contributed by atoms with E-state index in [1.54, 1.807) is 11.5 Å². The molecule has 0 aliphatic carbocycles. The van der Waals surface area contributed by atoms with E-state index in [-0.39, 0.29) is 11.3 Å². The van der Waals surface area contributed by atoms with Crippen molar-refractivity contribution in [3.8, 4) is 0 Å². The van der Waals surface area contributed by atoms with Crippen molar-refractivity contribution in [3.63, 3.8) is 0 Å². The van der Waals surface area contributed by atoms with Crippen LogP contribution < -0.4 is 5.56 Å². The van der Waals surface area contributed by atoms with Crippen LogP contribution in [-0.4, -0.2) is 14.8 Å². The number of para-hydroxylation sites is 2. The molecule has 20 heavy (non-hydrogen) atoms. The number of nitrogens with zero attached hydrogens (tertiary/aromatic N) is 2. The predicted octanol–water partition coefficient (Wildman–Crippen LogP) is 2.62. The number of carbonyl (C=O) groups is 1. The lowest BCUT2D eigenvalue weighted by Crippen LogP contribution is -2.23. The van der Waals surface area contributed by atoms with E-state index in [0.29, 0.717) is 24.9 Å². The molecule has 0 unspecified atom stereocenters. The fourth-order valence-corrected chi connectivity index (χ4v) is 2.62. The predicted molar refractivity (Wildman–Crippen MR) is 79.1 cm³/mol. The number of ketones is 1. The standard InChI is InChI=1S/C16H16N2O2/c1-12(19)6-4-11-18-14-8-3-2-7-13(14)17-10-5-9-15(17)16(18)20/h2-3,5,7-10H,4,6,11H2,1H3. The summed E-state index contributed by atoms with van der Waals surface area (Å²) in [7, 11) is 0. The van der Waals surface area contributed by atoms with Gasteiger partial charge in [0.05, 0.1) is 11.0 Å². The van der Waals surface area contributed by atoms with Crippen LogP contribution in [0.25, 0.3) is 16.6 Å². The molecule has 2 aromatic heterocycles. The van der Waals surface area contributed by atoms with Crippen LogP contribution in [0.2, 0.25) is 0 Å². The number of carbonyl (C=O) groups excluding carboxylic acids is 1. The van der Waals surface area contributed by atoms with Gasteiger partial charge >= 0.3 is 0 Å². The van der Waals surface area contributed by atoms with E-state index in [0.717, 1.165) is 11.0 Å². The minimum Gasteiger partial charge on any atom is -0.310 e. The van der Waals surface area contributed by atoms with E-state index in [9.17, 15) is 9.59 Å². The normalized spacial score (nSPS) is 11.2. The van der Waals surface area contributed by atoms with Crippen molar-refractivity contribution >= 4 is 22.3 Å². The van der Waals surface area contributed by atoms with Gasteiger partial charge in [-0.1, -0.05) is 12.1 Å². The summed E-state index contributed by atoms with van der Waals surface area (Å²) in [5.74, 6) is 0.158. The fraction of sp³-hybridized carbons (Fsp3) is 0.250. The summed E-state index contributed by atoms with van der Waals surface area (Å²) in [6.07, 6.45) is 3.10. The average molecular weight is 268 g/mol. The third-order valence-corrected chi connectivity index (χ3v) is 3.56. The third kappa shape index (κ3) is 2.03. The Morgan fingerprint density at radius 1 is 1.05 bits per heavy atom. The van der Waals surface area contributed by atoms with Crippen LogP contribution in [-0.2, 0) is 11.3 Å². The van der Waals surface area contributed by atoms with E-state index in [4.69, 9.17) is 0 Å². The molecule has 0 aliphatic rings. The van der Waals surface area contributed by atoms with Crippen LogP contribution in [0.1, 0.15) is 19.8 Å². The molecule has 0 N–H and O–H groups in total. The molecule has 0 bridgehead atoms. The number of hydrogen-bond donors (Lipinski definition) is 0. The Morgan fingerprint density at radius 2 is 1.75 bits per heavy atom. The van der Waals surface area contributed by atoms with Gasteiger partial charge in [0.2, 0.25) is 0 Å². The van der Waals surface area contributed by atoms with Gasteiger partial charge in [-0.15, -0.1) is 0 Å². The van der Waals surface area contributed by atoms with Gasteiger partial charge in [0.1, 0.15) is 11.3 Å². The molecule has 0 fully saturated rings. The first-order chi connectivity index (χ1) is 9.68. The maximum Gasteiger partial charge on any atom is 0.275 e. The van der Waals surface area contributed by atoms with E-state index < -0.39 is 0 Å². The number of rotatable bonds is 4. The Bertz CT molecular complexity index is 842. The maximum atomic E-state index is 12.5. The van der Waals surface area contributed by atoms with Crippen LogP contribution >= 0.6 is 0 Å². The molecule has 1 aromatic carbocycles. The Hall–Kier alpha value is -2.36. The molecule has 0 aliphatic heterocycles. The molecule has 0 spiro atoms. The van der Waals surface area contributed by atoms with Gasteiger partial charge < -0.3 is 13.8 Å². The molecular weight excluding hydrogens is 252 g/mol. The summed E-state index contributed by atoms with van der Waals surface area (Å²) in [4.78, 5) is 23.6. The molecule has 0 amide bonds. The zero-order valence-electron chi connectivity index (χ0n) is 11.4. The van der Waals surface area contributed by atoms with Crippen molar-refractivity contribution < 1.29 is 4.79 Å². The van der Waals surface area contributed by atoms with Gasteiger partial charge in [-0.05, 0) is 37.6 Å². The van der Waals surface area contributed by atoms with Crippen LogP contribution in [0.3, 0.4) is 0 Å². The molecule has 0 radical (unpaired) electrons. The zero-order valence-corrected chi connectivity index (χ0v) is 11.4. The van der Waals surface area contributed by atoms with Crippen molar-refractivity contribution in [2.45, 2.75) is 26.3 Å². The van der Waals surface area contributed by atoms with Gasteiger partial charge in [0, 0.05) is 19.2 Å². The van der Waals surface area contributed by atoms with Crippen LogP contribution in [0.4, 0.5) is 0 Å². The fourth-order valence-electron chi connectivity index (χ4n) is 2.62. The van der Waals surface area contributed by atoms with Gasteiger partial charge in [-0.3, -0.25) is 4.79 Å². The van der Waals surface area contributed by atoms with E-state index in [2.05, 4.69) is 0 Å². The van der Waals surface area contributed by atoms with E-state index in [1.807, 2.05) is 47.0 Å². The second kappa shape index (κ2) is 4.96. The minimum atomic E-state index is -0.00254. The van der Waals surface area contributed by atoms with Crippen molar-refractivity contribution in [1.29, 1.82) is 0 Å². The topological polar surface area (TPSA) is 43.5 Å². The summed E-state index contributed by atoms with van der Waals surface area (Å²) in [6.45, 7) is 2.15. The molecule has 4 heteroatoms. The third-order valence-electron chi connectivity index (χ3n) is 3.56. The first kappa shape index (κ1) is 12.7. The zero-order chi connectivity index (χ0) is 14.1. The van der Waals surface area contributed by atoms with Crippen molar-refractivity contribution in [2.24, 2.45) is 0 Å². The van der Waals surface area contributed by atoms with Crippen LogP contribution in [0, 0.1) is 0 Å². The highest BCUT2D eigenvalue weighted by Gasteiger charge is 2.09. The van der Waals surface area contributed by atoms with Gasteiger partial charge in [0.15, 0.2) is 0 Å². The first-order valence-corrected chi connectivity index (χ1v) is 6.76. The highest BCUT2D eigenvalue weighted by Crippen LogP contribution is 2.15. The summed E-state index contributed by atoms with van der Waals surface area (Å²) >= 11 is 0. The molecular formula is C16H16N2O2. The Balaban J connectivity index is 2.19. The van der Waals surface area contributed by atoms with Crippen molar-refractivity contribution in [3.05, 3.63) is 52.9 Å². The van der Waals surface area contributed by atoms with Crippen LogP contribution in [0.5, 0.6) is 0 Å². The summed E-state index contributed by atoms with van der Waals surface area (Å²) in [6, 6.07) is 11.6. The molecule has 2 heterocycles. The molecule has 0 atom stereocenters. The number of aromatic nitrogens is 2. The quantitative estimate of drug-likeness (QED) is 0.730. The number of aryl methyl sites for hydroxylation is 1. The van der Waals surface area contributed by atoms with Crippen LogP contribution in [0.15, 0.2) is 47.4 Å². The number of hydrogen-bond acceptors (Lipinski definition) is 2. The van der Waals surface area contributed by atoms with Gasteiger partial charge in [0.25, 0.3) is 5.56 Å². The Kier molecular flexibility index (Phi) is 3.14. The number of fused-ring (bicyclic) bond motifs is 3. The lowest BCUT2D eigenvalue weighted by atomic mass is 10.2. The highest BCUT2D eigenvalue weighted by molar-refractivity contribution is 5.79. The Morgan fingerprint density at radius 3 is 2.50 bits per heavy atom. The highest BCUT2D eigenvalue weighted by atomic mass is 16.1. The average Bonchev–Trinajstić information content (AvgIpc) is 2.92. The molecule has 3 rings (SSSR count). The van der Waals surface area contributed by atoms with Gasteiger partial charge in [-0.25, -0.2) is 0 Å². The lowest BCUT2D eigenvalue weighted by Gasteiger charge is -2.12. The maximum absolute atomic E-state index is 12.5.